The van der Waals surface area contributed by atoms with E-state index in [-0.39, 0.29) is 16.5 Å². The molecule has 8 heteroatoms. The maximum Gasteiger partial charge on any atom is 0.310 e. The zero-order valence-electron chi connectivity index (χ0n) is 8.31. The highest BCUT2D eigenvalue weighted by atomic mass is 35.5. The zero-order chi connectivity index (χ0) is 12.3. The van der Waals surface area contributed by atoms with Gasteiger partial charge in [-0.3, -0.25) is 14.9 Å². The zero-order valence-corrected chi connectivity index (χ0v) is 9.06. The van der Waals surface area contributed by atoms with Crippen LogP contribution in [-0.2, 0) is 4.79 Å². The van der Waals surface area contributed by atoms with Crippen molar-refractivity contribution < 1.29 is 9.72 Å². The minimum absolute atomic E-state index is 0.0878. The Morgan fingerprint density at radius 3 is 2.88 bits per heavy atom. The van der Waals surface area contributed by atoms with Crippen LogP contribution in [0.1, 0.15) is 6.92 Å². The van der Waals surface area contributed by atoms with E-state index in [2.05, 4.69) is 10.3 Å². The highest BCUT2D eigenvalue weighted by Crippen LogP contribution is 2.26. The molecular formula is C8H9ClN4O3. The number of nitro groups is 1. The van der Waals surface area contributed by atoms with Gasteiger partial charge in [0.15, 0.2) is 0 Å². The number of anilines is 1. The number of carbonyl (C=O) groups is 1. The lowest BCUT2D eigenvalue weighted by molar-refractivity contribution is -0.384. The van der Waals surface area contributed by atoms with Gasteiger partial charge < -0.3 is 11.1 Å². The third kappa shape index (κ3) is 2.80. The molecule has 1 unspecified atom stereocenters. The van der Waals surface area contributed by atoms with Crippen LogP contribution in [-0.4, -0.2) is 21.9 Å². The Hall–Kier alpha value is -1.89. The van der Waals surface area contributed by atoms with E-state index in [1.54, 1.807) is 0 Å². The molecule has 0 saturated carbocycles. The first-order valence-electron chi connectivity index (χ1n) is 4.27. The molecule has 0 radical (unpaired) electrons. The predicted molar refractivity (Wildman–Crippen MR) is 58.2 cm³/mol. The summed E-state index contributed by atoms with van der Waals surface area (Å²) in [7, 11) is 0. The van der Waals surface area contributed by atoms with Crippen molar-refractivity contribution in [3.05, 3.63) is 27.5 Å². The van der Waals surface area contributed by atoms with E-state index in [0.29, 0.717) is 0 Å². The molecule has 86 valence electrons. The Balaban J connectivity index is 3.05. The fourth-order valence-electron chi connectivity index (χ4n) is 0.988. The third-order valence-electron chi connectivity index (χ3n) is 1.85. The number of hydrogen-bond acceptors (Lipinski definition) is 5. The van der Waals surface area contributed by atoms with Gasteiger partial charge in [0, 0.05) is 6.07 Å². The number of aromatic nitrogens is 1. The molecule has 0 spiro atoms. The number of primary amides is 1. The minimum atomic E-state index is -0.739. The number of nitrogens with zero attached hydrogens (tertiary/aromatic N) is 2. The van der Waals surface area contributed by atoms with Crippen LogP contribution in [0.5, 0.6) is 0 Å². The average Bonchev–Trinajstić information content (AvgIpc) is 2.16. The highest BCUT2D eigenvalue weighted by Gasteiger charge is 2.18. The molecule has 1 amide bonds. The van der Waals surface area contributed by atoms with Crippen molar-refractivity contribution in [3.8, 4) is 0 Å². The Labute approximate surface area is 95.8 Å². The molecule has 1 aromatic rings. The summed E-state index contributed by atoms with van der Waals surface area (Å²) in [5.74, 6) is -0.623. The number of amides is 1. The number of rotatable bonds is 4. The number of carbonyl (C=O) groups excluding carboxylic acids is 1. The van der Waals surface area contributed by atoms with Crippen LogP contribution in [0.3, 0.4) is 0 Å². The maximum absolute atomic E-state index is 10.8. The molecule has 0 aliphatic rings. The lowest BCUT2D eigenvalue weighted by atomic mass is 10.2. The summed E-state index contributed by atoms with van der Waals surface area (Å²) < 4.78 is 0. The Bertz CT molecular complexity index is 437. The van der Waals surface area contributed by atoms with Gasteiger partial charge in [-0.2, -0.15) is 0 Å². The molecule has 0 aliphatic carbocycles. The fourth-order valence-corrected chi connectivity index (χ4v) is 1.15. The molecule has 1 aromatic heterocycles. The topological polar surface area (TPSA) is 111 Å². The lowest BCUT2D eigenvalue weighted by Gasteiger charge is -2.11. The SMILES string of the molecule is CC(Nc1cc(Cl)ncc1[N+](=O)[O-])C(N)=O. The monoisotopic (exact) mass is 244 g/mol. The molecule has 0 bridgehead atoms. The third-order valence-corrected chi connectivity index (χ3v) is 2.05. The molecule has 7 nitrogen and oxygen atoms in total. The standard InChI is InChI=1S/C8H9ClN4O3/c1-4(8(10)14)12-5-2-7(9)11-3-6(5)13(15)16/h2-4H,1H3,(H2,10,14)(H,11,12). The van der Waals surface area contributed by atoms with E-state index in [0.717, 1.165) is 6.20 Å². The van der Waals surface area contributed by atoms with E-state index >= 15 is 0 Å². The van der Waals surface area contributed by atoms with Gasteiger partial charge in [0.25, 0.3) is 0 Å². The smallest absolute Gasteiger partial charge is 0.310 e. The van der Waals surface area contributed by atoms with Gasteiger partial charge in [0.05, 0.1) is 4.92 Å². The van der Waals surface area contributed by atoms with Crippen molar-refractivity contribution >= 4 is 28.9 Å². The average molecular weight is 245 g/mol. The molecule has 1 heterocycles. The van der Waals surface area contributed by atoms with Crippen LogP contribution in [0.25, 0.3) is 0 Å². The fraction of sp³-hybridized carbons (Fsp3) is 0.250. The van der Waals surface area contributed by atoms with Crippen molar-refractivity contribution in [3.63, 3.8) is 0 Å². The van der Waals surface area contributed by atoms with E-state index < -0.39 is 16.9 Å². The van der Waals surface area contributed by atoms with Crippen molar-refractivity contribution in [2.75, 3.05) is 5.32 Å². The van der Waals surface area contributed by atoms with Gasteiger partial charge in [0.1, 0.15) is 23.1 Å². The van der Waals surface area contributed by atoms with Gasteiger partial charge in [-0.05, 0) is 6.92 Å². The lowest BCUT2D eigenvalue weighted by Crippen LogP contribution is -2.32. The minimum Gasteiger partial charge on any atom is -0.368 e. The highest BCUT2D eigenvalue weighted by molar-refractivity contribution is 6.29. The molecule has 3 N–H and O–H groups in total. The largest absolute Gasteiger partial charge is 0.368 e. The van der Waals surface area contributed by atoms with Crippen LogP contribution in [0.15, 0.2) is 12.3 Å². The predicted octanol–water partition coefficient (Wildman–Crippen LogP) is 0.929. The van der Waals surface area contributed by atoms with Crippen molar-refractivity contribution in [1.82, 2.24) is 4.98 Å². The summed E-state index contributed by atoms with van der Waals surface area (Å²) in [4.78, 5) is 24.4. The second-order valence-electron chi connectivity index (χ2n) is 3.05. The molecule has 1 atom stereocenters. The summed E-state index contributed by atoms with van der Waals surface area (Å²) in [5.41, 5.74) is 4.87. The Kier molecular flexibility index (Phi) is 3.62. The Morgan fingerprint density at radius 2 is 2.38 bits per heavy atom. The quantitative estimate of drug-likeness (QED) is 0.465. The molecule has 1 rings (SSSR count). The number of nitrogens with two attached hydrogens (primary N) is 1. The summed E-state index contributed by atoms with van der Waals surface area (Å²) in [5, 5.41) is 13.3. The summed E-state index contributed by atoms with van der Waals surface area (Å²) in [6.07, 6.45) is 1.01. The van der Waals surface area contributed by atoms with Crippen LogP contribution < -0.4 is 11.1 Å². The second-order valence-corrected chi connectivity index (χ2v) is 3.44. The first-order chi connectivity index (χ1) is 7.41. The first-order valence-corrected chi connectivity index (χ1v) is 4.65. The number of halogens is 1. The maximum atomic E-state index is 10.8. The van der Waals surface area contributed by atoms with E-state index in [4.69, 9.17) is 17.3 Å². The van der Waals surface area contributed by atoms with Crippen molar-refractivity contribution in [2.24, 2.45) is 5.73 Å². The van der Waals surface area contributed by atoms with Crippen LogP contribution in [0.4, 0.5) is 11.4 Å². The Morgan fingerprint density at radius 1 is 1.75 bits per heavy atom. The number of pyridine rings is 1. The number of nitrogens with one attached hydrogen (secondary N) is 1. The molecule has 0 fully saturated rings. The van der Waals surface area contributed by atoms with Gasteiger partial charge in [-0.15, -0.1) is 0 Å². The van der Waals surface area contributed by atoms with Crippen molar-refractivity contribution in [1.29, 1.82) is 0 Å². The summed E-state index contributed by atoms with van der Waals surface area (Å²) in [6.45, 7) is 1.49. The molecule has 16 heavy (non-hydrogen) atoms. The molecule has 0 saturated heterocycles. The van der Waals surface area contributed by atoms with Gasteiger partial charge >= 0.3 is 5.69 Å². The van der Waals surface area contributed by atoms with Crippen molar-refractivity contribution in [2.45, 2.75) is 13.0 Å². The van der Waals surface area contributed by atoms with Crippen LogP contribution in [0, 0.1) is 10.1 Å². The number of hydrogen-bond donors (Lipinski definition) is 2. The summed E-state index contributed by atoms with van der Waals surface area (Å²) in [6, 6.07) is 0.524. The summed E-state index contributed by atoms with van der Waals surface area (Å²) >= 11 is 5.59. The van der Waals surface area contributed by atoms with E-state index in [9.17, 15) is 14.9 Å². The van der Waals surface area contributed by atoms with Gasteiger partial charge in [-0.25, -0.2) is 4.98 Å². The van der Waals surface area contributed by atoms with Gasteiger partial charge in [-0.1, -0.05) is 11.6 Å². The van der Waals surface area contributed by atoms with Crippen LogP contribution in [0.2, 0.25) is 5.15 Å². The first kappa shape index (κ1) is 12.2. The van der Waals surface area contributed by atoms with Crippen LogP contribution >= 0.6 is 11.6 Å². The van der Waals surface area contributed by atoms with E-state index in [1.807, 2.05) is 0 Å². The van der Waals surface area contributed by atoms with E-state index in [1.165, 1.54) is 13.0 Å². The molecular weight excluding hydrogens is 236 g/mol. The molecule has 0 aliphatic heterocycles. The molecule has 0 aromatic carbocycles. The normalized spacial score (nSPS) is 11.9. The van der Waals surface area contributed by atoms with Gasteiger partial charge in [0.2, 0.25) is 5.91 Å². The second kappa shape index (κ2) is 4.75.